The Morgan fingerprint density at radius 2 is 1.74 bits per heavy atom. The molecule has 5 nitrogen and oxygen atoms in total. The fourth-order valence-electron chi connectivity index (χ4n) is 2.34. The maximum atomic E-state index is 8.66. The van der Waals surface area contributed by atoms with Crippen LogP contribution in [0.2, 0.25) is 15.1 Å². The maximum absolute atomic E-state index is 8.66. The molecule has 0 bridgehead atoms. The van der Waals surface area contributed by atoms with Gasteiger partial charge in [0.25, 0.3) is 0 Å². The molecular formula is C19H22Cl3NO4. The second-order valence-electron chi connectivity index (χ2n) is 5.66. The van der Waals surface area contributed by atoms with E-state index >= 15 is 0 Å². The van der Waals surface area contributed by atoms with Gasteiger partial charge in [0.15, 0.2) is 11.5 Å². The lowest BCUT2D eigenvalue weighted by Gasteiger charge is -2.15. The molecule has 2 aromatic rings. The van der Waals surface area contributed by atoms with Crippen molar-refractivity contribution < 1.29 is 19.3 Å². The summed E-state index contributed by atoms with van der Waals surface area (Å²) in [6, 6.07) is 9.01. The first kappa shape index (κ1) is 22.1. The van der Waals surface area contributed by atoms with Crippen molar-refractivity contribution in [2.45, 2.75) is 13.2 Å². The third kappa shape index (κ3) is 7.03. The molecule has 2 rings (SSSR count). The minimum absolute atomic E-state index is 0.0243. The van der Waals surface area contributed by atoms with E-state index in [-0.39, 0.29) is 13.2 Å². The summed E-state index contributed by atoms with van der Waals surface area (Å²) in [5.41, 5.74) is 1.83. The molecule has 0 heterocycles. The lowest BCUT2D eigenvalue weighted by atomic mass is 10.2. The van der Waals surface area contributed by atoms with Crippen LogP contribution < -0.4 is 14.8 Å². The molecule has 0 spiro atoms. The Labute approximate surface area is 174 Å². The number of methoxy groups -OCH3 is 1. The molecule has 0 saturated carbocycles. The van der Waals surface area contributed by atoms with Crippen molar-refractivity contribution in [2.24, 2.45) is 0 Å². The first-order valence-corrected chi connectivity index (χ1v) is 9.51. The zero-order chi connectivity index (χ0) is 19.6. The number of aliphatic hydroxyl groups excluding tert-OH is 1. The summed E-state index contributed by atoms with van der Waals surface area (Å²) in [4.78, 5) is 0. The van der Waals surface area contributed by atoms with Crippen LogP contribution in [-0.4, -0.2) is 38.6 Å². The van der Waals surface area contributed by atoms with Gasteiger partial charge in [-0.1, -0.05) is 40.9 Å². The zero-order valence-corrected chi connectivity index (χ0v) is 17.2. The highest BCUT2D eigenvalue weighted by atomic mass is 35.5. The van der Waals surface area contributed by atoms with E-state index in [9.17, 15) is 0 Å². The molecule has 0 amide bonds. The van der Waals surface area contributed by atoms with Crippen LogP contribution in [-0.2, 0) is 17.9 Å². The lowest BCUT2D eigenvalue weighted by molar-refractivity contribution is 0.0938. The number of hydrogen-bond acceptors (Lipinski definition) is 5. The van der Waals surface area contributed by atoms with Gasteiger partial charge in [0, 0.05) is 13.1 Å². The first-order chi connectivity index (χ1) is 13.0. The smallest absolute Gasteiger partial charge is 0.180 e. The first-order valence-electron chi connectivity index (χ1n) is 8.37. The number of halogens is 3. The molecular weight excluding hydrogens is 413 g/mol. The monoisotopic (exact) mass is 433 g/mol. The largest absolute Gasteiger partial charge is 0.493 e. The Balaban J connectivity index is 1.97. The van der Waals surface area contributed by atoms with Crippen molar-refractivity contribution in [1.29, 1.82) is 0 Å². The fourth-order valence-corrected chi connectivity index (χ4v) is 2.95. The molecule has 0 aromatic heterocycles. The van der Waals surface area contributed by atoms with Crippen LogP contribution in [0.4, 0.5) is 0 Å². The Hall–Kier alpha value is -1.21. The summed E-state index contributed by atoms with van der Waals surface area (Å²) in [7, 11) is 1.57. The highest BCUT2D eigenvalue weighted by molar-refractivity contribution is 6.42. The molecule has 0 aliphatic rings. The van der Waals surface area contributed by atoms with Gasteiger partial charge in [-0.05, 0) is 35.4 Å². The lowest BCUT2D eigenvalue weighted by Crippen LogP contribution is -2.20. The van der Waals surface area contributed by atoms with E-state index in [1.807, 2.05) is 18.2 Å². The van der Waals surface area contributed by atoms with Gasteiger partial charge < -0.3 is 24.6 Å². The van der Waals surface area contributed by atoms with Crippen molar-refractivity contribution in [1.82, 2.24) is 5.32 Å². The molecule has 148 valence electrons. The normalized spacial score (nSPS) is 10.9. The molecule has 0 aliphatic carbocycles. The highest BCUT2D eigenvalue weighted by Crippen LogP contribution is 2.37. The average Bonchev–Trinajstić information content (AvgIpc) is 2.66. The topological polar surface area (TPSA) is 60.0 Å². The minimum Gasteiger partial charge on any atom is -0.493 e. The fraction of sp³-hybridized carbons (Fsp3) is 0.368. The van der Waals surface area contributed by atoms with Crippen molar-refractivity contribution >= 4 is 34.8 Å². The van der Waals surface area contributed by atoms with Gasteiger partial charge in [0.2, 0.25) is 0 Å². The number of benzene rings is 2. The van der Waals surface area contributed by atoms with Crippen LogP contribution in [0, 0.1) is 0 Å². The third-order valence-electron chi connectivity index (χ3n) is 3.64. The summed E-state index contributed by atoms with van der Waals surface area (Å²) in [5.74, 6) is 1.02. The molecule has 0 saturated heterocycles. The van der Waals surface area contributed by atoms with E-state index in [1.54, 1.807) is 19.2 Å². The van der Waals surface area contributed by atoms with Gasteiger partial charge >= 0.3 is 0 Å². The highest BCUT2D eigenvalue weighted by Gasteiger charge is 2.13. The van der Waals surface area contributed by atoms with Crippen molar-refractivity contribution in [3.63, 3.8) is 0 Å². The average molecular weight is 435 g/mol. The van der Waals surface area contributed by atoms with Crippen molar-refractivity contribution in [3.8, 4) is 11.5 Å². The minimum atomic E-state index is 0.0243. The van der Waals surface area contributed by atoms with Crippen LogP contribution in [0.1, 0.15) is 11.1 Å². The SMILES string of the molecule is COc1cc(CNCCOCCO)cc(Cl)c1OCc1ccc(Cl)c(Cl)c1. The van der Waals surface area contributed by atoms with Gasteiger partial charge in [0.05, 0.1) is 42.0 Å². The van der Waals surface area contributed by atoms with Crippen LogP contribution >= 0.6 is 34.8 Å². The molecule has 0 unspecified atom stereocenters. The van der Waals surface area contributed by atoms with Crippen LogP contribution in [0.5, 0.6) is 11.5 Å². The van der Waals surface area contributed by atoms with Gasteiger partial charge in [-0.3, -0.25) is 0 Å². The molecule has 0 radical (unpaired) electrons. The van der Waals surface area contributed by atoms with E-state index in [1.165, 1.54) is 0 Å². The molecule has 0 aliphatic heterocycles. The predicted molar refractivity (Wildman–Crippen MR) is 108 cm³/mol. The summed E-state index contributed by atoms with van der Waals surface area (Å²) in [6.45, 7) is 2.44. The Kier molecular flexibility index (Phi) is 9.48. The van der Waals surface area contributed by atoms with Gasteiger partial charge in [-0.15, -0.1) is 0 Å². The second-order valence-corrected chi connectivity index (χ2v) is 6.88. The molecule has 2 N–H and O–H groups in total. The number of aliphatic hydroxyl groups is 1. The molecule has 27 heavy (non-hydrogen) atoms. The van der Waals surface area contributed by atoms with E-state index in [0.717, 1.165) is 11.1 Å². The zero-order valence-electron chi connectivity index (χ0n) is 14.9. The maximum Gasteiger partial charge on any atom is 0.180 e. The van der Waals surface area contributed by atoms with Crippen molar-refractivity contribution in [2.75, 3.05) is 33.5 Å². The Morgan fingerprint density at radius 1 is 0.963 bits per heavy atom. The molecule has 0 atom stereocenters. The van der Waals surface area contributed by atoms with Crippen LogP contribution in [0.15, 0.2) is 30.3 Å². The predicted octanol–water partition coefficient (Wildman–Crippen LogP) is 4.33. The molecule has 2 aromatic carbocycles. The number of nitrogens with one attached hydrogen (secondary N) is 1. The summed E-state index contributed by atoms with van der Waals surface area (Å²) in [6.07, 6.45) is 0. The van der Waals surface area contributed by atoms with E-state index in [0.29, 0.717) is 52.9 Å². The number of ether oxygens (including phenoxy) is 3. The van der Waals surface area contributed by atoms with Crippen LogP contribution in [0.25, 0.3) is 0 Å². The van der Waals surface area contributed by atoms with E-state index < -0.39 is 0 Å². The number of hydrogen-bond donors (Lipinski definition) is 2. The second kappa shape index (κ2) is 11.6. The Morgan fingerprint density at radius 3 is 2.44 bits per heavy atom. The number of rotatable bonds is 11. The molecule has 8 heteroatoms. The van der Waals surface area contributed by atoms with E-state index in [4.69, 9.17) is 54.1 Å². The Bertz CT molecular complexity index is 743. The summed E-state index contributed by atoms with van der Waals surface area (Å²) >= 11 is 18.3. The van der Waals surface area contributed by atoms with Gasteiger partial charge in [0.1, 0.15) is 6.61 Å². The van der Waals surface area contributed by atoms with Crippen molar-refractivity contribution in [3.05, 3.63) is 56.5 Å². The quantitative estimate of drug-likeness (QED) is 0.515. The van der Waals surface area contributed by atoms with Gasteiger partial charge in [-0.2, -0.15) is 0 Å². The standard InChI is InChI=1S/C19H22Cl3NO4/c1-25-18-10-14(11-23-4-6-26-7-5-24)9-17(22)19(18)27-12-13-2-3-15(20)16(21)8-13/h2-3,8-10,23-24H,4-7,11-12H2,1H3. The van der Waals surface area contributed by atoms with Crippen LogP contribution in [0.3, 0.4) is 0 Å². The molecule has 0 fully saturated rings. The summed E-state index contributed by atoms with van der Waals surface area (Å²) < 4.78 is 16.5. The third-order valence-corrected chi connectivity index (χ3v) is 4.66. The summed E-state index contributed by atoms with van der Waals surface area (Å²) in [5, 5.41) is 13.3. The van der Waals surface area contributed by atoms with E-state index in [2.05, 4.69) is 5.32 Å². The van der Waals surface area contributed by atoms with Gasteiger partial charge in [-0.25, -0.2) is 0 Å².